The molecule has 0 aliphatic carbocycles. The van der Waals surface area contributed by atoms with Crippen molar-refractivity contribution in [1.29, 1.82) is 0 Å². The summed E-state index contributed by atoms with van der Waals surface area (Å²) in [4.78, 5) is 79.7. The molecule has 0 spiro atoms. The van der Waals surface area contributed by atoms with Crippen LogP contribution in [-0.2, 0) is 0 Å². The molecule has 0 aromatic heterocycles. The number of hydrazine groups is 2. The molecule has 0 saturated carbocycles. The molecule has 13 heteroatoms. The molecular weight excluding hydrogens is 771 g/mol. The number of carbonyl (C=O) groups excluding carboxylic acids is 6. The van der Waals surface area contributed by atoms with Gasteiger partial charge in [0, 0.05) is 22.3 Å². The van der Waals surface area contributed by atoms with E-state index in [2.05, 4.69) is 10.9 Å². The van der Waals surface area contributed by atoms with E-state index in [0.29, 0.717) is 36.5 Å². The average molecular weight is 830 g/mol. The maximum Gasteiger partial charge on any atom is 0.658 e. The predicted octanol–water partition coefficient (Wildman–Crippen LogP) is 8.76. The molecule has 0 aliphatic rings. The molecule has 321 valence electrons. The third kappa shape index (κ3) is 12.0. The molecule has 4 aromatic rings. The second-order valence-corrected chi connectivity index (χ2v) is 17.6. The lowest BCUT2D eigenvalue weighted by atomic mass is 9.84. The van der Waals surface area contributed by atoms with E-state index in [1.807, 2.05) is 95.2 Å². The second-order valence-electron chi connectivity index (χ2n) is 17.6. The summed E-state index contributed by atoms with van der Waals surface area (Å²) in [5.41, 5.74) is 9.64. The zero-order valence-electron chi connectivity index (χ0n) is 37.4. The Bertz CT molecular complexity index is 2090. The van der Waals surface area contributed by atoms with E-state index in [0.717, 1.165) is 29.9 Å². The maximum absolute atomic E-state index is 13.9. The van der Waals surface area contributed by atoms with Crippen LogP contribution in [0.5, 0.6) is 11.5 Å². The van der Waals surface area contributed by atoms with Crippen molar-refractivity contribution in [3.05, 3.63) is 128 Å². The molecule has 0 aliphatic heterocycles. The van der Waals surface area contributed by atoms with Crippen LogP contribution in [0.3, 0.4) is 0 Å². The first-order chi connectivity index (χ1) is 28.6. The second kappa shape index (κ2) is 19.9. The van der Waals surface area contributed by atoms with Crippen LogP contribution in [0.25, 0.3) is 0 Å². The Hall–Kier alpha value is -6.24. The van der Waals surface area contributed by atoms with Gasteiger partial charge in [-0.2, -0.15) is 0 Å². The minimum Gasteiger partial charge on any atom is -0.526 e. The van der Waals surface area contributed by atoms with Gasteiger partial charge >= 0.3 is 7.69 Å². The molecule has 2 N–H and O–H groups in total. The maximum atomic E-state index is 13.9. The van der Waals surface area contributed by atoms with Crippen molar-refractivity contribution in [3.8, 4) is 11.5 Å². The summed E-state index contributed by atoms with van der Waals surface area (Å²) in [6.45, 7) is 23.5. The molecule has 0 bridgehead atoms. The van der Waals surface area contributed by atoms with Gasteiger partial charge in [0.2, 0.25) is 0 Å². The minimum atomic E-state index is -0.601. The summed E-state index contributed by atoms with van der Waals surface area (Å²) < 4.78 is 11.3. The van der Waals surface area contributed by atoms with Crippen LogP contribution in [0.15, 0.2) is 72.8 Å². The van der Waals surface area contributed by atoms with Gasteiger partial charge in [0.1, 0.15) is 11.5 Å². The molecule has 0 heterocycles. The lowest BCUT2D eigenvalue weighted by Gasteiger charge is -2.39. The Kier molecular flexibility index (Phi) is 15.5. The fraction of sp³-hybridized carbons (Fsp3) is 0.375. The highest BCUT2D eigenvalue weighted by Gasteiger charge is 2.36. The number of amides is 4. The molecule has 4 aromatic carbocycles. The molecular formula is C48H58BN4O8. The zero-order valence-corrected chi connectivity index (χ0v) is 37.4. The number of nitrogens with one attached hydrogen (secondary N) is 2. The summed E-state index contributed by atoms with van der Waals surface area (Å²) in [7, 11) is 0.920. The van der Waals surface area contributed by atoms with Gasteiger partial charge in [0.25, 0.3) is 23.6 Å². The number of nitrogens with zero attached hydrogens (tertiary/aromatic N) is 2. The number of hydrogen-bond acceptors (Lipinski definition) is 8. The Balaban J connectivity index is 1.50. The van der Waals surface area contributed by atoms with Crippen LogP contribution in [0.1, 0.15) is 153 Å². The van der Waals surface area contributed by atoms with E-state index < -0.39 is 11.8 Å². The highest BCUT2D eigenvalue weighted by atomic mass is 16.6. The standard InChI is InChI=1S/C48H58BN4O8/c1-13-41(47(7,8)9)52(45(58)35-21-29(3)19-30(4)22-35)50-43(56)33-15-17-39(37(25-33)27-54)60-49-61-40-18-16-34(26-38(40)28-55)44(57)51-53(42(14-2)48(10,11)12)46(59)36-23-31(5)20-32(6)24-36/h15-28,41-42H,13-14H2,1-12H3,(H,50,56)(H,51,57). The van der Waals surface area contributed by atoms with Crippen LogP contribution in [0.2, 0.25) is 0 Å². The van der Waals surface area contributed by atoms with Gasteiger partial charge in [0.15, 0.2) is 12.6 Å². The predicted molar refractivity (Wildman–Crippen MR) is 237 cm³/mol. The number of aryl methyl sites for hydroxylation is 4. The molecule has 2 atom stereocenters. The summed E-state index contributed by atoms with van der Waals surface area (Å²) in [6, 6.07) is 18.7. The largest absolute Gasteiger partial charge is 0.658 e. The zero-order chi connectivity index (χ0) is 45.4. The fourth-order valence-corrected chi connectivity index (χ4v) is 7.63. The van der Waals surface area contributed by atoms with Gasteiger partial charge in [-0.3, -0.25) is 39.6 Å². The number of benzene rings is 4. The van der Waals surface area contributed by atoms with Gasteiger partial charge in [-0.05, 0) is 112 Å². The van der Waals surface area contributed by atoms with E-state index in [-0.39, 0.29) is 68.5 Å². The SMILES string of the molecule is CCC(N(NC(=O)c1ccc(O[B]Oc2ccc(C(=O)NN(C(=O)c3cc(C)cc(C)c3)C(CC)C(C)(C)C)cc2C=O)c(C=O)c1)C(=O)c1cc(C)cc(C)c1)C(C)(C)C. The topological polar surface area (TPSA) is 151 Å². The molecule has 0 fully saturated rings. The Morgan fingerprint density at radius 1 is 0.557 bits per heavy atom. The van der Waals surface area contributed by atoms with Gasteiger partial charge in [0.05, 0.1) is 23.2 Å². The monoisotopic (exact) mass is 829 g/mol. The summed E-state index contributed by atoms with van der Waals surface area (Å²) >= 11 is 0. The summed E-state index contributed by atoms with van der Waals surface area (Å²) in [6.07, 6.45) is 2.16. The molecule has 61 heavy (non-hydrogen) atoms. The van der Waals surface area contributed by atoms with E-state index in [1.165, 1.54) is 46.4 Å². The fourth-order valence-electron chi connectivity index (χ4n) is 7.63. The average Bonchev–Trinajstić information content (AvgIpc) is 3.18. The van der Waals surface area contributed by atoms with E-state index in [4.69, 9.17) is 9.31 Å². The van der Waals surface area contributed by atoms with Crippen molar-refractivity contribution in [2.75, 3.05) is 0 Å². The minimum absolute atomic E-state index is 0.0192. The number of rotatable bonds is 14. The normalized spacial score (nSPS) is 12.3. The van der Waals surface area contributed by atoms with Crippen molar-refractivity contribution in [1.82, 2.24) is 20.9 Å². The first-order valence-corrected chi connectivity index (χ1v) is 20.4. The third-order valence-electron chi connectivity index (χ3n) is 10.4. The first kappa shape index (κ1) is 47.4. The van der Waals surface area contributed by atoms with Crippen LogP contribution >= 0.6 is 0 Å². The van der Waals surface area contributed by atoms with Crippen molar-refractivity contribution < 1.29 is 38.1 Å². The van der Waals surface area contributed by atoms with Crippen molar-refractivity contribution >= 4 is 43.9 Å². The van der Waals surface area contributed by atoms with E-state index >= 15 is 0 Å². The molecule has 12 nitrogen and oxygen atoms in total. The van der Waals surface area contributed by atoms with Crippen molar-refractivity contribution in [2.24, 2.45) is 10.8 Å². The highest BCUT2D eigenvalue weighted by molar-refractivity contribution is 6.21. The van der Waals surface area contributed by atoms with Gasteiger partial charge in [-0.1, -0.05) is 89.8 Å². The molecule has 4 rings (SSSR count). The van der Waals surface area contributed by atoms with Crippen LogP contribution in [0.4, 0.5) is 0 Å². The van der Waals surface area contributed by atoms with Gasteiger partial charge in [-0.15, -0.1) is 0 Å². The lowest BCUT2D eigenvalue weighted by Crippen LogP contribution is -2.56. The van der Waals surface area contributed by atoms with E-state index in [9.17, 15) is 28.8 Å². The number of hydrogen-bond donors (Lipinski definition) is 2. The van der Waals surface area contributed by atoms with E-state index in [1.54, 1.807) is 24.3 Å². The van der Waals surface area contributed by atoms with Crippen molar-refractivity contribution in [3.63, 3.8) is 0 Å². The Morgan fingerprint density at radius 3 is 1.16 bits per heavy atom. The lowest BCUT2D eigenvalue weighted by molar-refractivity contribution is 0.0284. The van der Waals surface area contributed by atoms with Gasteiger partial charge in [-0.25, -0.2) is 10.0 Å². The van der Waals surface area contributed by atoms with Crippen LogP contribution < -0.4 is 20.2 Å². The molecule has 1 radical (unpaired) electrons. The summed E-state index contributed by atoms with van der Waals surface area (Å²) in [5.74, 6) is -1.81. The Morgan fingerprint density at radius 2 is 0.885 bits per heavy atom. The van der Waals surface area contributed by atoms with Crippen molar-refractivity contribution in [2.45, 2.75) is 108 Å². The van der Waals surface area contributed by atoms with Crippen LogP contribution in [-0.4, -0.2) is 66.0 Å². The number of carbonyl (C=O) groups is 6. The third-order valence-corrected chi connectivity index (χ3v) is 10.4. The quantitative estimate of drug-likeness (QED) is 0.0728. The molecule has 4 amide bonds. The molecule has 2 unspecified atom stereocenters. The Labute approximate surface area is 360 Å². The highest BCUT2D eigenvalue weighted by Crippen LogP contribution is 2.30. The van der Waals surface area contributed by atoms with Gasteiger partial charge < -0.3 is 9.31 Å². The van der Waals surface area contributed by atoms with Crippen LogP contribution in [0, 0.1) is 38.5 Å². The smallest absolute Gasteiger partial charge is 0.526 e. The first-order valence-electron chi connectivity index (χ1n) is 20.4. The number of aldehydes is 2. The molecule has 0 saturated heterocycles. The summed E-state index contributed by atoms with van der Waals surface area (Å²) in [5, 5.41) is 2.75.